The smallest absolute Gasteiger partial charge is 0.134 e. The summed E-state index contributed by atoms with van der Waals surface area (Å²) in [5.74, 6) is -0.330. The molecule has 2 heterocycles. The number of hydrogen-bond acceptors (Lipinski definition) is 4. The molecule has 108 valence electrons. The first-order chi connectivity index (χ1) is 10.1. The lowest BCUT2D eigenvalue weighted by atomic mass is 9.87. The number of hydrogen-bond donors (Lipinski definition) is 0. The van der Waals surface area contributed by atoms with Crippen LogP contribution in [0, 0.1) is 11.6 Å². The molecule has 0 spiro atoms. The predicted molar refractivity (Wildman–Crippen MR) is 80.3 cm³/mol. The molecule has 2 aromatic rings. The lowest BCUT2D eigenvalue weighted by Gasteiger charge is -2.29. The molecule has 21 heavy (non-hydrogen) atoms. The van der Waals surface area contributed by atoms with E-state index >= 15 is 0 Å². The van der Waals surface area contributed by atoms with Crippen molar-refractivity contribution in [3.8, 4) is 11.1 Å². The summed E-state index contributed by atoms with van der Waals surface area (Å²) in [5, 5.41) is 0. The molecular formula is C15H13F2N3S. The normalized spacial score (nSPS) is 21.5. The third-order valence-electron chi connectivity index (χ3n) is 3.63. The molecule has 1 atom stereocenters. The molecule has 0 N–H and O–H groups in total. The quantitative estimate of drug-likeness (QED) is 0.847. The minimum atomic E-state index is -0.659. The van der Waals surface area contributed by atoms with Gasteiger partial charge in [-0.2, -0.15) is 0 Å². The molecule has 0 amide bonds. The second kappa shape index (κ2) is 5.52. The van der Waals surface area contributed by atoms with Crippen molar-refractivity contribution in [2.24, 2.45) is 4.99 Å². The van der Waals surface area contributed by atoms with Gasteiger partial charge in [-0.25, -0.2) is 18.7 Å². The van der Waals surface area contributed by atoms with Crippen LogP contribution in [0.1, 0.15) is 18.9 Å². The summed E-state index contributed by atoms with van der Waals surface area (Å²) in [7, 11) is 0. The summed E-state index contributed by atoms with van der Waals surface area (Å²) in [6, 6.07) is 2.44. The van der Waals surface area contributed by atoms with Crippen molar-refractivity contribution in [3.05, 3.63) is 48.1 Å². The summed E-state index contributed by atoms with van der Waals surface area (Å²) in [6.07, 6.45) is 5.10. The number of thioether (sulfide) groups is 1. The number of aliphatic imine (C=N–C) groups is 1. The van der Waals surface area contributed by atoms with Gasteiger partial charge >= 0.3 is 0 Å². The van der Waals surface area contributed by atoms with Gasteiger partial charge in [0.15, 0.2) is 0 Å². The van der Waals surface area contributed by atoms with Gasteiger partial charge in [-0.05, 0) is 19.4 Å². The fraction of sp³-hybridized carbons (Fsp3) is 0.267. The Labute approximate surface area is 125 Å². The second-order valence-corrected chi connectivity index (χ2v) is 6.02. The molecule has 0 aliphatic carbocycles. The largest absolute Gasteiger partial charge is 0.275 e. The van der Waals surface area contributed by atoms with Crippen LogP contribution < -0.4 is 0 Å². The van der Waals surface area contributed by atoms with E-state index in [9.17, 15) is 8.78 Å². The Balaban J connectivity index is 2.14. The Morgan fingerprint density at radius 1 is 1.14 bits per heavy atom. The van der Waals surface area contributed by atoms with Gasteiger partial charge in [0.1, 0.15) is 18.0 Å². The summed E-state index contributed by atoms with van der Waals surface area (Å²) in [5.41, 5.74) is 2.29. The van der Waals surface area contributed by atoms with Crippen LogP contribution in [-0.4, -0.2) is 21.3 Å². The SMILES string of the molecule is CC1(c2cc(-c3cncnc3)c(F)cc2F)CCSC=N1. The van der Waals surface area contributed by atoms with Crippen LogP contribution in [0.3, 0.4) is 0 Å². The van der Waals surface area contributed by atoms with Crippen LogP contribution in [0.2, 0.25) is 0 Å². The molecule has 0 bridgehead atoms. The molecule has 1 aromatic carbocycles. The highest BCUT2D eigenvalue weighted by Gasteiger charge is 2.31. The lowest BCUT2D eigenvalue weighted by Crippen LogP contribution is -2.24. The van der Waals surface area contributed by atoms with E-state index in [1.165, 1.54) is 24.8 Å². The van der Waals surface area contributed by atoms with Crippen LogP contribution in [0.15, 0.2) is 35.8 Å². The maximum Gasteiger partial charge on any atom is 0.134 e. The zero-order valence-corrected chi connectivity index (χ0v) is 12.2. The first kappa shape index (κ1) is 14.1. The fourth-order valence-electron chi connectivity index (χ4n) is 2.35. The van der Waals surface area contributed by atoms with Crippen molar-refractivity contribution in [3.63, 3.8) is 0 Å². The molecular weight excluding hydrogens is 292 g/mol. The maximum atomic E-state index is 14.2. The molecule has 0 saturated heterocycles. The Morgan fingerprint density at radius 3 is 2.57 bits per heavy atom. The fourth-order valence-corrected chi connectivity index (χ4v) is 3.28. The van der Waals surface area contributed by atoms with Crippen molar-refractivity contribution in [1.29, 1.82) is 0 Å². The van der Waals surface area contributed by atoms with Gasteiger partial charge in [-0.15, -0.1) is 11.8 Å². The van der Waals surface area contributed by atoms with E-state index in [2.05, 4.69) is 15.0 Å². The molecule has 1 aromatic heterocycles. The van der Waals surface area contributed by atoms with E-state index in [4.69, 9.17) is 0 Å². The molecule has 3 nitrogen and oxygen atoms in total. The minimum Gasteiger partial charge on any atom is -0.275 e. The predicted octanol–water partition coefficient (Wildman–Crippen LogP) is 3.80. The number of rotatable bonds is 2. The Morgan fingerprint density at radius 2 is 1.90 bits per heavy atom. The molecule has 6 heteroatoms. The van der Waals surface area contributed by atoms with E-state index in [-0.39, 0.29) is 0 Å². The highest BCUT2D eigenvalue weighted by atomic mass is 32.2. The van der Waals surface area contributed by atoms with Gasteiger partial charge < -0.3 is 0 Å². The van der Waals surface area contributed by atoms with Gasteiger partial charge in [0.25, 0.3) is 0 Å². The zero-order valence-electron chi connectivity index (χ0n) is 11.4. The highest BCUT2D eigenvalue weighted by molar-refractivity contribution is 8.12. The minimum absolute atomic E-state index is 0.293. The average molecular weight is 305 g/mol. The highest BCUT2D eigenvalue weighted by Crippen LogP contribution is 2.37. The molecule has 0 saturated carbocycles. The standard InChI is InChI=1S/C15H13F2N3S/c1-15(2-3-21-9-20-15)12-4-11(13(16)5-14(12)17)10-6-18-8-19-7-10/h4-9H,2-3H2,1H3. The summed E-state index contributed by atoms with van der Waals surface area (Å²) < 4.78 is 28.3. The monoisotopic (exact) mass is 305 g/mol. The first-order valence-corrected chi connectivity index (χ1v) is 7.55. The molecule has 0 fully saturated rings. The first-order valence-electron chi connectivity index (χ1n) is 6.50. The summed E-state index contributed by atoms with van der Waals surface area (Å²) in [4.78, 5) is 12.2. The molecule has 1 aliphatic heterocycles. The summed E-state index contributed by atoms with van der Waals surface area (Å²) >= 11 is 1.59. The zero-order chi connectivity index (χ0) is 14.9. The average Bonchev–Trinajstić information content (AvgIpc) is 2.48. The second-order valence-electron chi connectivity index (χ2n) is 5.07. The Bertz CT molecular complexity index is 691. The van der Waals surface area contributed by atoms with Crippen molar-refractivity contribution in [2.45, 2.75) is 18.9 Å². The van der Waals surface area contributed by atoms with Crippen LogP contribution in [-0.2, 0) is 5.54 Å². The van der Waals surface area contributed by atoms with Crippen molar-refractivity contribution in [2.75, 3.05) is 5.75 Å². The van der Waals surface area contributed by atoms with Crippen molar-refractivity contribution >= 4 is 17.3 Å². The Kier molecular flexibility index (Phi) is 3.71. The van der Waals surface area contributed by atoms with Crippen LogP contribution in [0.5, 0.6) is 0 Å². The van der Waals surface area contributed by atoms with Gasteiger partial charge in [-0.3, -0.25) is 4.99 Å². The van der Waals surface area contributed by atoms with E-state index in [1.807, 2.05) is 6.92 Å². The maximum absolute atomic E-state index is 14.2. The van der Waals surface area contributed by atoms with Crippen LogP contribution in [0.25, 0.3) is 11.1 Å². The van der Waals surface area contributed by atoms with E-state index < -0.39 is 17.2 Å². The third kappa shape index (κ3) is 2.68. The number of aromatic nitrogens is 2. The third-order valence-corrected chi connectivity index (χ3v) is 4.32. The van der Waals surface area contributed by atoms with Gasteiger partial charge in [0.2, 0.25) is 0 Å². The number of nitrogens with zero attached hydrogens (tertiary/aromatic N) is 3. The van der Waals surface area contributed by atoms with E-state index in [0.717, 1.165) is 11.8 Å². The lowest BCUT2D eigenvalue weighted by molar-refractivity contribution is 0.449. The number of benzene rings is 1. The van der Waals surface area contributed by atoms with E-state index in [1.54, 1.807) is 17.3 Å². The Hall–Kier alpha value is -1.82. The van der Waals surface area contributed by atoms with Crippen molar-refractivity contribution in [1.82, 2.24) is 9.97 Å². The van der Waals surface area contributed by atoms with Gasteiger partial charge in [0.05, 0.1) is 11.1 Å². The van der Waals surface area contributed by atoms with Crippen LogP contribution >= 0.6 is 11.8 Å². The van der Waals surface area contributed by atoms with Crippen LogP contribution in [0.4, 0.5) is 8.78 Å². The van der Waals surface area contributed by atoms with Gasteiger partial charge in [-0.1, -0.05) is 0 Å². The van der Waals surface area contributed by atoms with Crippen molar-refractivity contribution < 1.29 is 8.78 Å². The summed E-state index contributed by atoms with van der Waals surface area (Å²) in [6.45, 7) is 1.87. The molecule has 1 aliphatic rings. The van der Waals surface area contributed by atoms with Gasteiger partial charge in [0, 0.05) is 40.9 Å². The molecule has 0 radical (unpaired) electrons. The topological polar surface area (TPSA) is 38.1 Å². The van der Waals surface area contributed by atoms with E-state index in [0.29, 0.717) is 23.1 Å². The molecule has 3 rings (SSSR count). The molecule has 1 unspecified atom stereocenters. The number of halogens is 2.